The van der Waals surface area contributed by atoms with E-state index in [1.807, 2.05) is 37.3 Å². The Bertz CT molecular complexity index is 743. The summed E-state index contributed by atoms with van der Waals surface area (Å²) in [5.74, 6) is 0.853. The smallest absolute Gasteiger partial charge is 0.161 e. The summed E-state index contributed by atoms with van der Waals surface area (Å²) in [6, 6.07) is 11.8. The standard InChI is InChI=1S/C19H20N2O/c1-13-19(14(2)22)11-18(10-15-4-3-5-15)21(13)17-8-6-16(12-20)7-9-17/h6-9,11,15H,3-5,10H2,1-2H3. The highest BCUT2D eigenvalue weighted by Gasteiger charge is 2.22. The van der Waals surface area contributed by atoms with E-state index in [-0.39, 0.29) is 5.78 Å². The van der Waals surface area contributed by atoms with Gasteiger partial charge in [0.25, 0.3) is 0 Å². The summed E-state index contributed by atoms with van der Waals surface area (Å²) in [6.45, 7) is 3.62. The third-order valence-corrected chi connectivity index (χ3v) is 4.68. The molecule has 1 aromatic carbocycles. The quantitative estimate of drug-likeness (QED) is 0.793. The van der Waals surface area contributed by atoms with Gasteiger partial charge in [-0.2, -0.15) is 5.26 Å². The van der Waals surface area contributed by atoms with Gasteiger partial charge in [0.2, 0.25) is 0 Å². The zero-order chi connectivity index (χ0) is 15.7. The number of carbonyl (C=O) groups excluding carboxylic acids is 1. The van der Waals surface area contributed by atoms with Crippen LogP contribution in [0.5, 0.6) is 0 Å². The lowest BCUT2D eigenvalue weighted by molar-refractivity contribution is 0.101. The predicted molar refractivity (Wildman–Crippen MR) is 86.3 cm³/mol. The molecular formula is C19H20N2O. The van der Waals surface area contributed by atoms with Crippen molar-refractivity contribution < 1.29 is 4.79 Å². The van der Waals surface area contributed by atoms with Gasteiger partial charge in [0.1, 0.15) is 0 Å². The molecule has 112 valence electrons. The van der Waals surface area contributed by atoms with Gasteiger partial charge in [0.15, 0.2) is 5.78 Å². The highest BCUT2D eigenvalue weighted by Crippen LogP contribution is 2.32. The van der Waals surface area contributed by atoms with E-state index in [0.29, 0.717) is 5.56 Å². The number of ketones is 1. The Hall–Kier alpha value is -2.34. The molecule has 0 saturated heterocycles. The molecule has 1 heterocycles. The topological polar surface area (TPSA) is 45.8 Å². The lowest BCUT2D eigenvalue weighted by atomic mass is 9.82. The van der Waals surface area contributed by atoms with Crippen molar-refractivity contribution in [1.82, 2.24) is 4.57 Å². The summed E-state index contributed by atoms with van der Waals surface area (Å²) in [4.78, 5) is 11.9. The Morgan fingerprint density at radius 2 is 2.00 bits per heavy atom. The van der Waals surface area contributed by atoms with Crippen LogP contribution in [-0.2, 0) is 6.42 Å². The first-order valence-corrected chi connectivity index (χ1v) is 7.83. The molecule has 1 aromatic heterocycles. The maximum Gasteiger partial charge on any atom is 0.161 e. The van der Waals surface area contributed by atoms with Crippen molar-refractivity contribution in [2.75, 3.05) is 0 Å². The highest BCUT2D eigenvalue weighted by atomic mass is 16.1. The molecule has 1 aliphatic carbocycles. The summed E-state index contributed by atoms with van der Waals surface area (Å²) in [6.07, 6.45) is 4.91. The van der Waals surface area contributed by atoms with Crippen LogP contribution in [-0.4, -0.2) is 10.4 Å². The van der Waals surface area contributed by atoms with Crippen molar-refractivity contribution in [3.63, 3.8) is 0 Å². The van der Waals surface area contributed by atoms with Crippen LogP contribution in [0, 0.1) is 24.2 Å². The molecule has 0 unspecified atom stereocenters. The summed E-state index contributed by atoms with van der Waals surface area (Å²) < 4.78 is 2.18. The van der Waals surface area contributed by atoms with E-state index in [1.54, 1.807) is 6.92 Å². The predicted octanol–water partition coefficient (Wildman–Crippen LogP) is 4.20. The molecular weight excluding hydrogens is 272 g/mol. The number of hydrogen-bond acceptors (Lipinski definition) is 2. The van der Waals surface area contributed by atoms with Crippen LogP contribution in [0.2, 0.25) is 0 Å². The number of aromatic nitrogens is 1. The van der Waals surface area contributed by atoms with Crippen molar-refractivity contribution >= 4 is 5.78 Å². The fourth-order valence-electron chi connectivity index (χ4n) is 3.22. The van der Waals surface area contributed by atoms with Crippen molar-refractivity contribution in [2.24, 2.45) is 5.92 Å². The molecule has 0 N–H and O–H groups in total. The molecule has 3 rings (SSSR count). The van der Waals surface area contributed by atoms with Crippen molar-refractivity contribution in [3.05, 3.63) is 52.8 Å². The molecule has 3 nitrogen and oxygen atoms in total. The van der Waals surface area contributed by atoms with Gasteiger partial charge < -0.3 is 4.57 Å². The molecule has 0 bridgehead atoms. The Kier molecular flexibility index (Phi) is 3.85. The Balaban J connectivity index is 2.06. The summed E-state index contributed by atoms with van der Waals surface area (Å²) in [7, 11) is 0. The number of nitriles is 1. The van der Waals surface area contributed by atoms with E-state index in [9.17, 15) is 4.79 Å². The van der Waals surface area contributed by atoms with Crippen LogP contribution >= 0.6 is 0 Å². The number of rotatable bonds is 4. The van der Waals surface area contributed by atoms with E-state index in [0.717, 1.165) is 29.3 Å². The van der Waals surface area contributed by atoms with Gasteiger partial charge >= 0.3 is 0 Å². The minimum Gasteiger partial charge on any atom is -0.317 e. The third kappa shape index (κ3) is 2.57. The van der Waals surface area contributed by atoms with Gasteiger partial charge in [-0.1, -0.05) is 19.3 Å². The number of carbonyl (C=O) groups is 1. The van der Waals surface area contributed by atoms with Gasteiger partial charge in [-0.3, -0.25) is 4.79 Å². The molecule has 0 radical (unpaired) electrons. The second-order valence-corrected chi connectivity index (χ2v) is 6.19. The maximum atomic E-state index is 11.9. The molecule has 0 spiro atoms. The normalized spacial score (nSPS) is 14.4. The molecule has 1 aliphatic rings. The number of Topliss-reactive ketones (excluding diaryl/α,β-unsaturated/α-hetero) is 1. The zero-order valence-electron chi connectivity index (χ0n) is 13.1. The highest BCUT2D eigenvalue weighted by molar-refractivity contribution is 5.95. The summed E-state index contributed by atoms with van der Waals surface area (Å²) in [5.41, 5.74) is 4.68. The van der Waals surface area contributed by atoms with Crippen LogP contribution < -0.4 is 0 Å². The van der Waals surface area contributed by atoms with Crippen molar-refractivity contribution in [2.45, 2.75) is 39.5 Å². The zero-order valence-corrected chi connectivity index (χ0v) is 13.1. The minimum atomic E-state index is 0.111. The van der Waals surface area contributed by atoms with E-state index in [2.05, 4.69) is 10.6 Å². The van der Waals surface area contributed by atoms with Crippen LogP contribution in [0.4, 0.5) is 0 Å². The first-order chi connectivity index (χ1) is 10.6. The molecule has 0 amide bonds. The lowest BCUT2D eigenvalue weighted by Gasteiger charge is -2.26. The molecule has 22 heavy (non-hydrogen) atoms. The Labute approximate surface area is 131 Å². The second-order valence-electron chi connectivity index (χ2n) is 6.19. The van der Waals surface area contributed by atoms with Crippen molar-refractivity contribution in [3.8, 4) is 11.8 Å². The van der Waals surface area contributed by atoms with Crippen LogP contribution in [0.25, 0.3) is 5.69 Å². The average Bonchev–Trinajstić information content (AvgIpc) is 2.80. The fourth-order valence-corrected chi connectivity index (χ4v) is 3.22. The number of benzene rings is 1. The van der Waals surface area contributed by atoms with Gasteiger partial charge in [-0.25, -0.2) is 0 Å². The van der Waals surface area contributed by atoms with Crippen LogP contribution in [0.15, 0.2) is 30.3 Å². The first-order valence-electron chi connectivity index (χ1n) is 7.83. The van der Waals surface area contributed by atoms with Crippen LogP contribution in [0.3, 0.4) is 0 Å². The van der Waals surface area contributed by atoms with Crippen LogP contribution in [0.1, 0.15) is 53.5 Å². The largest absolute Gasteiger partial charge is 0.317 e. The Morgan fingerprint density at radius 3 is 2.50 bits per heavy atom. The van der Waals surface area contributed by atoms with Gasteiger partial charge in [0, 0.05) is 22.6 Å². The first kappa shape index (κ1) is 14.6. The maximum absolute atomic E-state index is 11.9. The third-order valence-electron chi connectivity index (χ3n) is 4.68. The fraction of sp³-hybridized carbons (Fsp3) is 0.368. The average molecular weight is 292 g/mol. The number of nitrogens with zero attached hydrogens (tertiary/aromatic N) is 2. The Morgan fingerprint density at radius 1 is 1.32 bits per heavy atom. The number of hydrogen-bond donors (Lipinski definition) is 0. The van der Waals surface area contributed by atoms with Gasteiger partial charge in [-0.05, 0) is 56.5 Å². The summed E-state index contributed by atoms with van der Waals surface area (Å²) in [5, 5.41) is 8.94. The van der Waals surface area contributed by atoms with E-state index >= 15 is 0 Å². The summed E-state index contributed by atoms with van der Waals surface area (Å²) >= 11 is 0. The molecule has 2 aromatic rings. The molecule has 1 saturated carbocycles. The monoisotopic (exact) mass is 292 g/mol. The lowest BCUT2D eigenvalue weighted by Crippen LogP contribution is -2.16. The molecule has 0 atom stereocenters. The van der Waals surface area contributed by atoms with Crippen molar-refractivity contribution in [1.29, 1.82) is 5.26 Å². The molecule has 3 heteroatoms. The van der Waals surface area contributed by atoms with E-state index in [4.69, 9.17) is 5.26 Å². The molecule has 1 fully saturated rings. The minimum absolute atomic E-state index is 0.111. The SMILES string of the molecule is CC(=O)c1cc(CC2CCC2)n(-c2ccc(C#N)cc2)c1C. The molecule has 0 aliphatic heterocycles. The second kappa shape index (κ2) is 5.81. The van der Waals surface area contributed by atoms with Gasteiger partial charge in [-0.15, -0.1) is 0 Å². The van der Waals surface area contributed by atoms with E-state index < -0.39 is 0 Å². The van der Waals surface area contributed by atoms with Gasteiger partial charge in [0.05, 0.1) is 11.6 Å². The van der Waals surface area contributed by atoms with E-state index in [1.165, 1.54) is 25.0 Å².